The monoisotopic (exact) mass is 420 g/mol. The summed E-state index contributed by atoms with van der Waals surface area (Å²) >= 11 is 13.5. The Morgan fingerprint density at radius 2 is 1.12 bits per heavy atom. The number of aromatic nitrogens is 2. The molecule has 0 unspecified atom stereocenters. The first-order valence-electron chi connectivity index (χ1n) is 7.84. The van der Waals surface area contributed by atoms with E-state index in [0.29, 0.717) is 21.0 Å². The number of aryl methyl sites for hydroxylation is 2. The molecule has 0 amide bonds. The van der Waals surface area contributed by atoms with Crippen molar-refractivity contribution < 1.29 is 0 Å². The zero-order valence-corrected chi connectivity index (χ0v) is 17.5. The Morgan fingerprint density at radius 1 is 0.769 bits per heavy atom. The molecule has 0 saturated carbocycles. The lowest BCUT2D eigenvalue weighted by Gasteiger charge is -2.09. The number of benzene rings is 1. The average molecular weight is 421 g/mol. The molecule has 0 saturated heterocycles. The van der Waals surface area contributed by atoms with Crippen LogP contribution >= 0.6 is 47.1 Å². The third-order valence-corrected chi connectivity index (χ3v) is 6.44. The molecule has 0 radical (unpaired) electrons. The lowest BCUT2D eigenvalue weighted by atomic mass is 10.1. The van der Waals surface area contributed by atoms with Crippen LogP contribution in [0.5, 0.6) is 0 Å². The maximum absolute atomic E-state index is 12.1. The van der Waals surface area contributed by atoms with E-state index in [0.717, 1.165) is 20.9 Å². The molecule has 134 valence electrons. The highest BCUT2D eigenvalue weighted by molar-refractivity contribution is 7.73. The first-order chi connectivity index (χ1) is 12.3. The minimum absolute atomic E-state index is 0.0845. The van der Waals surface area contributed by atoms with Gasteiger partial charge >= 0.3 is 0 Å². The van der Waals surface area contributed by atoms with Gasteiger partial charge in [0.2, 0.25) is 0 Å². The minimum atomic E-state index is -0.0845. The van der Waals surface area contributed by atoms with Crippen molar-refractivity contribution in [1.29, 1.82) is 0 Å². The number of rotatable bonds is 4. The summed E-state index contributed by atoms with van der Waals surface area (Å²) in [5.41, 5.74) is 1.80. The van der Waals surface area contributed by atoms with Crippen LogP contribution in [0.15, 0.2) is 46.0 Å². The predicted octanol–water partition coefficient (Wildman–Crippen LogP) is 4.31. The van der Waals surface area contributed by atoms with Crippen LogP contribution in [-0.4, -0.2) is 9.13 Å². The predicted molar refractivity (Wildman–Crippen MR) is 113 cm³/mol. The Kier molecular flexibility index (Phi) is 5.76. The molecule has 1 aromatic carbocycles. The topological polar surface area (TPSA) is 44.0 Å². The molecule has 0 aliphatic heterocycles. The van der Waals surface area contributed by atoms with E-state index in [1.807, 2.05) is 38.1 Å². The third-order valence-electron chi connectivity index (χ3n) is 3.83. The average Bonchev–Trinajstić information content (AvgIpc) is 2.55. The Balaban J connectivity index is 1.84. The highest BCUT2D eigenvalue weighted by atomic mass is 32.2. The zero-order chi connectivity index (χ0) is 18.8. The van der Waals surface area contributed by atoms with E-state index in [1.165, 1.54) is 22.7 Å². The molecule has 0 N–H and O–H groups in total. The van der Waals surface area contributed by atoms with Crippen LogP contribution in [0.2, 0.25) is 0 Å². The molecule has 4 nitrogen and oxygen atoms in total. The van der Waals surface area contributed by atoms with Crippen molar-refractivity contribution in [2.75, 3.05) is 0 Å². The summed E-state index contributed by atoms with van der Waals surface area (Å²) in [5.74, 6) is 0. The molecule has 3 rings (SSSR count). The van der Waals surface area contributed by atoms with Crippen molar-refractivity contribution >= 4 is 47.1 Å². The molecular weight excluding hydrogens is 404 g/mol. The van der Waals surface area contributed by atoms with Crippen LogP contribution in [-0.2, 0) is 13.1 Å². The van der Waals surface area contributed by atoms with Crippen molar-refractivity contribution in [3.8, 4) is 0 Å². The van der Waals surface area contributed by atoms with E-state index in [2.05, 4.69) is 0 Å². The first-order valence-corrected chi connectivity index (χ1v) is 10.3. The Hall–Kier alpha value is -1.74. The maximum Gasteiger partial charge on any atom is 0.253 e. The lowest BCUT2D eigenvalue weighted by molar-refractivity contribution is 0.750. The van der Waals surface area contributed by atoms with Crippen molar-refractivity contribution in [3.05, 3.63) is 85.9 Å². The molecule has 0 bridgehead atoms. The van der Waals surface area contributed by atoms with Gasteiger partial charge in [-0.05, 0) is 49.4 Å². The lowest BCUT2D eigenvalue weighted by Crippen LogP contribution is -2.20. The smallest absolute Gasteiger partial charge is 0.253 e. The van der Waals surface area contributed by atoms with E-state index in [1.54, 1.807) is 21.3 Å². The molecule has 0 fully saturated rings. The molecule has 2 aromatic heterocycles. The first kappa shape index (κ1) is 19.0. The van der Waals surface area contributed by atoms with Crippen LogP contribution in [0, 0.1) is 21.8 Å². The minimum Gasteiger partial charge on any atom is -0.287 e. The zero-order valence-electron chi connectivity index (χ0n) is 14.2. The van der Waals surface area contributed by atoms with Crippen molar-refractivity contribution in [2.24, 2.45) is 0 Å². The maximum atomic E-state index is 12.1. The van der Waals surface area contributed by atoms with Crippen molar-refractivity contribution in [2.45, 2.75) is 26.9 Å². The van der Waals surface area contributed by atoms with Crippen LogP contribution < -0.4 is 11.1 Å². The summed E-state index contributed by atoms with van der Waals surface area (Å²) in [4.78, 5) is 26.1. The number of hydrogen-bond donors (Lipinski definition) is 0. The highest BCUT2D eigenvalue weighted by Gasteiger charge is 2.05. The summed E-state index contributed by atoms with van der Waals surface area (Å²) in [7, 11) is 0. The van der Waals surface area contributed by atoms with E-state index in [-0.39, 0.29) is 11.1 Å². The fourth-order valence-electron chi connectivity index (χ4n) is 2.53. The van der Waals surface area contributed by atoms with Gasteiger partial charge in [0.05, 0.1) is 13.1 Å². The van der Waals surface area contributed by atoms with Gasteiger partial charge in [-0.1, -0.05) is 24.3 Å². The molecule has 2 heterocycles. The van der Waals surface area contributed by atoms with Gasteiger partial charge in [0.25, 0.3) is 11.1 Å². The summed E-state index contributed by atoms with van der Waals surface area (Å²) in [6, 6.07) is 11.0. The van der Waals surface area contributed by atoms with Gasteiger partial charge in [-0.3, -0.25) is 18.7 Å². The van der Waals surface area contributed by atoms with Gasteiger partial charge < -0.3 is 0 Å². The van der Waals surface area contributed by atoms with E-state index in [9.17, 15) is 9.59 Å². The van der Waals surface area contributed by atoms with E-state index < -0.39 is 0 Å². The Labute approximate surface area is 168 Å². The van der Waals surface area contributed by atoms with Crippen LogP contribution in [0.4, 0.5) is 0 Å². The second-order valence-corrected chi connectivity index (χ2v) is 9.67. The fourth-order valence-corrected chi connectivity index (χ4v) is 5.03. The van der Waals surface area contributed by atoms with Gasteiger partial charge in [0.1, 0.15) is 0 Å². The summed E-state index contributed by atoms with van der Waals surface area (Å²) < 4.78 is 4.33. The molecule has 26 heavy (non-hydrogen) atoms. The highest BCUT2D eigenvalue weighted by Crippen LogP contribution is 2.11. The standard InChI is InChI=1S/C18H16N2O2S4/c1-11-7-15(21)19(17(23)25-11)9-13-3-5-14(6-4-13)10-20-16(22)8-12(2)26-18(20)24/h3-8H,9-10H2,1-2H3. The number of nitrogens with zero attached hydrogens (tertiary/aromatic N) is 2. The van der Waals surface area contributed by atoms with Gasteiger partial charge in [0, 0.05) is 21.9 Å². The molecule has 0 aliphatic rings. The molecular formula is C18H16N2O2S4. The normalized spacial score (nSPS) is 10.8. The van der Waals surface area contributed by atoms with Gasteiger partial charge in [0.15, 0.2) is 7.91 Å². The van der Waals surface area contributed by atoms with E-state index in [4.69, 9.17) is 24.4 Å². The quantitative estimate of drug-likeness (QED) is 0.590. The largest absolute Gasteiger partial charge is 0.287 e. The van der Waals surface area contributed by atoms with Crippen molar-refractivity contribution in [1.82, 2.24) is 9.13 Å². The second-order valence-electron chi connectivity index (χ2n) is 5.91. The fraction of sp³-hybridized carbons (Fsp3) is 0.222. The van der Waals surface area contributed by atoms with Gasteiger partial charge in [-0.25, -0.2) is 0 Å². The van der Waals surface area contributed by atoms with Crippen LogP contribution in [0.3, 0.4) is 0 Å². The molecule has 0 spiro atoms. The van der Waals surface area contributed by atoms with Crippen LogP contribution in [0.25, 0.3) is 0 Å². The van der Waals surface area contributed by atoms with Crippen molar-refractivity contribution in [3.63, 3.8) is 0 Å². The second kappa shape index (κ2) is 7.87. The van der Waals surface area contributed by atoms with Gasteiger partial charge in [-0.15, -0.1) is 22.7 Å². The molecule has 0 aliphatic carbocycles. The van der Waals surface area contributed by atoms with Gasteiger partial charge in [-0.2, -0.15) is 0 Å². The third kappa shape index (κ3) is 4.32. The summed E-state index contributed by atoms with van der Waals surface area (Å²) in [6.07, 6.45) is 0. The molecule has 8 heteroatoms. The Morgan fingerprint density at radius 3 is 1.42 bits per heavy atom. The summed E-state index contributed by atoms with van der Waals surface area (Å²) in [5, 5.41) is 0. The molecule has 0 atom stereocenters. The SMILES string of the molecule is Cc1cc(=O)n(Cc2ccc(Cn3c(=O)cc(C)sc3=S)cc2)c(=S)s1. The number of hydrogen-bond acceptors (Lipinski definition) is 6. The Bertz CT molecular complexity index is 1030. The summed E-state index contributed by atoms with van der Waals surface area (Å²) in [6.45, 7) is 4.63. The van der Waals surface area contributed by atoms with E-state index >= 15 is 0 Å². The molecule has 3 aromatic rings. The van der Waals surface area contributed by atoms with Crippen LogP contribution in [0.1, 0.15) is 20.9 Å².